The van der Waals surface area contributed by atoms with E-state index in [2.05, 4.69) is 0 Å². The highest BCUT2D eigenvalue weighted by Crippen LogP contribution is 2.19. The van der Waals surface area contributed by atoms with Crippen molar-refractivity contribution in [2.24, 2.45) is 5.73 Å². The molecule has 0 aliphatic rings. The fourth-order valence-corrected chi connectivity index (χ4v) is 2.13. The lowest BCUT2D eigenvalue weighted by Gasteiger charge is -2.11. The maximum absolute atomic E-state index is 12.5. The average molecular weight is 290 g/mol. The lowest BCUT2D eigenvalue weighted by molar-refractivity contribution is 0.103. The Labute approximate surface area is 126 Å². The van der Waals surface area contributed by atoms with Gasteiger partial charge in [0, 0.05) is 17.2 Å². The highest BCUT2D eigenvalue weighted by atomic mass is 35.5. The molecule has 106 valence electrons. The van der Waals surface area contributed by atoms with E-state index in [1.54, 1.807) is 0 Å². The van der Waals surface area contributed by atoms with Gasteiger partial charge in [0.2, 0.25) is 0 Å². The summed E-state index contributed by atoms with van der Waals surface area (Å²) in [5, 5.41) is 0. The van der Waals surface area contributed by atoms with Crippen LogP contribution in [-0.2, 0) is 0 Å². The van der Waals surface area contributed by atoms with E-state index in [0.717, 1.165) is 23.1 Å². The molecule has 3 heteroatoms. The van der Waals surface area contributed by atoms with Crippen molar-refractivity contribution in [3.05, 3.63) is 70.8 Å². The van der Waals surface area contributed by atoms with Gasteiger partial charge in [-0.15, -0.1) is 12.4 Å². The van der Waals surface area contributed by atoms with Gasteiger partial charge in [-0.25, -0.2) is 0 Å². The minimum atomic E-state index is -0.00961. The Morgan fingerprint density at radius 2 is 1.85 bits per heavy atom. The Kier molecular flexibility index (Phi) is 5.93. The van der Waals surface area contributed by atoms with Crippen molar-refractivity contribution in [1.29, 1.82) is 0 Å². The molecular formula is C17H20ClNO. The predicted molar refractivity (Wildman–Crippen MR) is 85.5 cm³/mol. The van der Waals surface area contributed by atoms with Crippen molar-refractivity contribution in [3.63, 3.8) is 0 Å². The van der Waals surface area contributed by atoms with Gasteiger partial charge in [0.05, 0.1) is 0 Å². The number of hydrogen-bond donors (Lipinski definition) is 1. The molecule has 0 spiro atoms. The van der Waals surface area contributed by atoms with Gasteiger partial charge in [0.25, 0.3) is 0 Å². The largest absolute Gasteiger partial charge is 0.324 e. The van der Waals surface area contributed by atoms with Gasteiger partial charge in [-0.3, -0.25) is 4.79 Å². The Bertz CT molecular complexity index is 595. The quantitative estimate of drug-likeness (QED) is 0.863. The number of aryl methyl sites for hydroxylation is 1. The first-order valence-corrected chi connectivity index (χ1v) is 6.59. The lowest BCUT2D eigenvalue weighted by Crippen LogP contribution is -2.10. The molecule has 0 heterocycles. The molecule has 0 bridgehead atoms. The lowest BCUT2D eigenvalue weighted by atomic mass is 9.96. The highest BCUT2D eigenvalue weighted by molar-refractivity contribution is 6.09. The SMILES string of the molecule is CC[C@@H](N)c1cccc(C(=O)c2ccccc2C)c1.Cl. The van der Waals surface area contributed by atoms with E-state index in [-0.39, 0.29) is 24.2 Å². The minimum Gasteiger partial charge on any atom is -0.324 e. The second-order valence-corrected chi connectivity index (χ2v) is 4.78. The van der Waals surface area contributed by atoms with Crippen LogP contribution in [0.2, 0.25) is 0 Å². The summed E-state index contributed by atoms with van der Waals surface area (Å²) in [6, 6.07) is 15.3. The summed E-state index contributed by atoms with van der Waals surface area (Å²) < 4.78 is 0. The zero-order valence-corrected chi connectivity index (χ0v) is 12.6. The first-order chi connectivity index (χ1) is 9.13. The zero-order chi connectivity index (χ0) is 13.8. The van der Waals surface area contributed by atoms with Gasteiger partial charge in [0.1, 0.15) is 0 Å². The van der Waals surface area contributed by atoms with E-state index < -0.39 is 0 Å². The van der Waals surface area contributed by atoms with Crippen LogP contribution < -0.4 is 5.73 Å². The van der Waals surface area contributed by atoms with Crippen LogP contribution in [0.25, 0.3) is 0 Å². The molecule has 0 fully saturated rings. The van der Waals surface area contributed by atoms with Gasteiger partial charge in [-0.2, -0.15) is 0 Å². The molecule has 2 nitrogen and oxygen atoms in total. The molecule has 0 saturated carbocycles. The van der Waals surface area contributed by atoms with Gasteiger partial charge in [0.15, 0.2) is 5.78 Å². The van der Waals surface area contributed by atoms with Crippen molar-refractivity contribution in [2.45, 2.75) is 26.3 Å². The Hall–Kier alpha value is -1.64. The van der Waals surface area contributed by atoms with Crippen LogP contribution >= 0.6 is 12.4 Å². The van der Waals surface area contributed by atoms with Crippen LogP contribution in [0.5, 0.6) is 0 Å². The Morgan fingerprint density at radius 1 is 1.15 bits per heavy atom. The molecule has 2 aromatic carbocycles. The molecule has 0 aliphatic heterocycles. The van der Waals surface area contributed by atoms with Gasteiger partial charge in [-0.1, -0.05) is 49.4 Å². The van der Waals surface area contributed by atoms with Gasteiger partial charge < -0.3 is 5.73 Å². The molecule has 20 heavy (non-hydrogen) atoms. The number of nitrogens with two attached hydrogens (primary N) is 1. The van der Waals surface area contributed by atoms with Gasteiger partial charge >= 0.3 is 0 Å². The number of rotatable bonds is 4. The third-order valence-electron chi connectivity index (χ3n) is 3.41. The monoisotopic (exact) mass is 289 g/mol. The van der Waals surface area contributed by atoms with Gasteiger partial charge in [-0.05, 0) is 30.5 Å². The molecule has 0 saturated heterocycles. The Balaban J connectivity index is 0.00000200. The highest BCUT2D eigenvalue weighted by Gasteiger charge is 2.12. The van der Waals surface area contributed by atoms with Crippen molar-refractivity contribution in [2.75, 3.05) is 0 Å². The number of carbonyl (C=O) groups excluding carboxylic acids is 1. The third kappa shape index (κ3) is 3.47. The normalized spacial score (nSPS) is 11.6. The molecule has 0 radical (unpaired) electrons. The molecule has 2 N–H and O–H groups in total. The summed E-state index contributed by atoms with van der Waals surface area (Å²) in [4.78, 5) is 12.5. The van der Waals surface area contributed by atoms with E-state index in [1.807, 2.05) is 62.4 Å². The van der Waals surface area contributed by atoms with Crippen molar-refractivity contribution < 1.29 is 4.79 Å². The van der Waals surface area contributed by atoms with E-state index in [4.69, 9.17) is 5.73 Å². The third-order valence-corrected chi connectivity index (χ3v) is 3.41. The maximum atomic E-state index is 12.5. The molecule has 0 unspecified atom stereocenters. The molecule has 0 amide bonds. The molecule has 1 atom stereocenters. The summed E-state index contributed by atoms with van der Waals surface area (Å²) in [6.07, 6.45) is 0.863. The summed E-state index contributed by atoms with van der Waals surface area (Å²) in [6.45, 7) is 4.00. The molecule has 2 aromatic rings. The second-order valence-electron chi connectivity index (χ2n) is 4.78. The van der Waals surface area contributed by atoms with E-state index in [9.17, 15) is 4.79 Å². The summed E-state index contributed by atoms with van der Waals surface area (Å²) in [5.41, 5.74) is 9.49. The maximum Gasteiger partial charge on any atom is 0.193 e. The van der Waals surface area contributed by atoms with Crippen LogP contribution in [0, 0.1) is 6.92 Å². The van der Waals surface area contributed by atoms with Crippen LogP contribution in [0.3, 0.4) is 0 Å². The molecule has 2 rings (SSSR count). The molecule has 0 aromatic heterocycles. The number of carbonyl (C=O) groups is 1. The average Bonchev–Trinajstić information content (AvgIpc) is 2.46. The van der Waals surface area contributed by atoms with Crippen LogP contribution in [0.15, 0.2) is 48.5 Å². The zero-order valence-electron chi connectivity index (χ0n) is 11.8. The first-order valence-electron chi connectivity index (χ1n) is 6.59. The minimum absolute atomic E-state index is 0. The molecular weight excluding hydrogens is 270 g/mol. The fraction of sp³-hybridized carbons (Fsp3) is 0.235. The summed E-state index contributed by atoms with van der Waals surface area (Å²) in [7, 11) is 0. The molecule has 0 aliphatic carbocycles. The van der Waals surface area contributed by atoms with E-state index in [1.165, 1.54) is 0 Å². The Morgan fingerprint density at radius 3 is 2.50 bits per heavy atom. The van der Waals surface area contributed by atoms with Crippen LogP contribution in [0.1, 0.15) is 46.4 Å². The van der Waals surface area contributed by atoms with Crippen molar-refractivity contribution in [1.82, 2.24) is 0 Å². The van der Waals surface area contributed by atoms with Crippen molar-refractivity contribution in [3.8, 4) is 0 Å². The van der Waals surface area contributed by atoms with Crippen LogP contribution in [0.4, 0.5) is 0 Å². The first kappa shape index (κ1) is 16.4. The summed E-state index contributed by atoms with van der Waals surface area (Å²) >= 11 is 0. The topological polar surface area (TPSA) is 43.1 Å². The fourth-order valence-electron chi connectivity index (χ4n) is 2.13. The van der Waals surface area contributed by atoms with Crippen LogP contribution in [-0.4, -0.2) is 5.78 Å². The number of benzene rings is 2. The smallest absolute Gasteiger partial charge is 0.193 e. The number of halogens is 1. The number of hydrogen-bond acceptors (Lipinski definition) is 2. The standard InChI is InChI=1S/C17H19NO.ClH/c1-3-16(18)13-8-6-9-14(11-13)17(19)15-10-5-4-7-12(15)2;/h4-11,16H,3,18H2,1-2H3;1H/t16-;/m1./s1. The van der Waals surface area contributed by atoms with E-state index >= 15 is 0 Å². The summed E-state index contributed by atoms with van der Waals surface area (Å²) in [5.74, 6) is 0.0586. The van der Waals surface area contributed by atoms with Crippen molar-refractivity contribution >= 4 is 18.2 Å². The number of ketones is 1. The second kappa shape index (κ2) is 7.22. The predicted octanol–water partition coefficient (Wildman–Crippen LogP) is 4.06. The van der Waals surface area contributed by atoms with E-state index in [0.29, 0.717) is 5.56 Å².